The minimum atomic E-state index is -0.00926. The fourth-order valence-corrected chi connectivity index (χ4v) is 1.00. The van der Waals surface area contributed by atoms with Gasteiger partial charge in [0.2, 0.25) is 0 Å². The van der Waals surface area contributed by atoms with Gasteiger partial charge in [0.25, 0.3) is 0 Å². The van der Waals surface area contributed by atoms with Crippen LogP contribution in [-0.2, 0) is 9.47 Å². The van der Waals surface area contributed by atoms with E-state index in [4.69, 9.17) is 9.47 Å². The highest BCUT2D eigenvalue weighted by Crippen LogP contribution is 2.11. The topological polar surface area (TPSA) is 18.5 Å². The summed E-state index contributed by atoms with van der Waals surface area (Å²) in [5.74, 6) is 0. The number of hydrogen-bond acceptors (Lipinski definition) is 2. The van der Waals surface area contributed by atoms with E-state index in [1.165, 1.54) is 0 Å². The SMILES string of the molecule is C[C@H]1CO[C@H](CBr)O1. The molecule has 8 heavy (non-hydrogen) atoms. The number of hydrogen-bond donors (Lipinski definition) is 0. The second-order valence-electron chi connectivity index (χ2n) is 1.86. The van der Waals surface area contributed by atoms with Gasteiger partial charge < -0.3 is 9.47 Å². The first-order chi connectivity index (χ1) is 3.83. The lowest BCUT2D eigenvalue weighted by Crippen LogP contribution is -2.09. The highest BCUT2D eigenvalue weighted by molar-refractivity contribution is 9.09. The van der Waals surface area contributed by atoms with Crippen LogP contribution in [-0.4, -0.2) is 24.3 Å². The van der Waals surface area contributed by atoms with Crippen LogP contribution >= 0.6 is 15.9 Å². The summed E-state index contributed by atoms with van der Waals surface area (Å²) in [6.07, 6.45) is 0.266. The van der Waals surface area contributed by atoms with E-state index in [-0.39, 0.29) is 12.4 Å². The van der Waals surface area contributed by atoms with Crippen LogP contribution in [0.4, 0.5) is 0 Å². The Morgan fingerprint density at radius 2 is 2.50 bits per heavy atom. The molecule has 1 rings (SSSR count). The fourth-order valence-electron chi connectivity index (χ4n) is 0.661. The van der Waals surface area contributed by atoms with Gasteiger partial charge in [-0.3, -0.25) is 0 Å². The molecule has 0 unspecified atom stereocenters. The van der Waals surface area contributed by atoms with Gasteiger partial charge >= 0.3 is 0 Å². The first-order valence-corrected chi connectivity index (χ1v) is 3.78. The van der Waals surface area contributed by atoms with Crippen LogP contribution in [0, 0.1) is 0 Å². The van der Waals surface area contributed by atoms with Crippen LogP contribution in [0.1, 0.15) is 6.92 Å². The van der Waals surface area contributed by atoms with Crippen molar-refractivity contribution in [3.05, 3.63) is 0 Å². The molecular formula is C5H9BrO2. The third-order valence-corrected chi connectivity index (χ3v) is 1.56. The second-order valence-corrected chi connectivity index (χ2v) is 2.51. The molecule has 0 spiro atoms. The van der Waals surface area contributed by atoms with Gasteiger partial charge in [-0.2, -0.15) is 0 Å². The van der Waals surface area contributed by atoms with Crippen LogP contribution < -0.4 is 0 Å². The Bertz CT molecular complexity index is 76.8. The van der Waals surface area contributed by atoms with Crippen molar-refractivity contribution in [2.45, 2.75) is 19.3 Å². The maximum atomic E-state index is 5.24. The molecule has 0 saturated carbocycles. The summed E-state index contributed by atoms with van der Waals surface area (Å²) in [6, 6.07) is 0. The lowest BCUT2D eigenvalue weighted by atomic mass is 10.5. The maximum Gasteiger partial charge on any atom is 0.167 e. The Balaban J connectivity index is 2.22. The summed E-state index contributed by atoms with van der Waals surface area (Å²) in [4.78, 5) is 0. The highest BCUT2D eigenvalue weighted by atomic mass is 79.9. The molecule has 0 aromatic rings. The number of ether oxygens (including phenoxy) is 2. The summed E-state index contributed by atoms with van der Waals surface area (Å²) in [5, 5.41) is 0.775. The molecule has 1 heterocycles. The lowest BCUT2D eigenvalue weighted by molar-refractivity contribution is -0.0342. The standard InChI is InChI=1S/C5H9BrO2/c1-4-3-7-5(2-6)8-4/h4-5H,2-3H2,1H3/t4-,5-/m0/s1. The van der Waals surface area contributed by atoms with Crippen molar-refractivity contribution in [1.82, 2.24) is 0 Å². The zero-order valence-electron chi connectivity index (χ0n) is 4.76. The predicted molar refractivity (Wildman–Crippen MR) is 34.1 cm³/mol. The summed E-state index contributed by atoms with van der Waals surface area (Å²) < 4.78 is 10.4. The van der Waals surface area contributed by atoms with E-state index in [1.807, 2.05) is 6.92 Å². The van der Waals surface area contributed by atoms with Gasteiger partial charge in [0.15, 0.2) is 6.29 Å². The van der Waals surface area contributed by atoms with E-state index < -0.39 is 0 Å². The first-order valence-electron chi connectivity index (χ1n) is 2.66. The van der Waals surface area contributed by atoms with Crippen molar-refractivity contribution in [3.63, 3.8) is 0 Å². The zero-order chi connectivity index (χ0) is 5.98. The molecule has 0 amide bonds. The average molecular weight is 181 g/mol. The van der Waals surface area contributed by atoms with Gasteiger partial charge in [-0.05, 0) is 6.92 Å². The molecule has 1 saturated heterocycles. The zero-order valence-corrected chi connectivity index (χ0v) is 6.35. The van der Waals surface area contributed by atoms with Crippen molar-refractivity contribution in [2.75, 3.05) is 11.9 Å². The minimum Gasteiger partial charge on any atom is -0.349 e. The molecular weight excluding hydrogens is 172 g/mol. The average Bonchev–Trinajstić information content (AvgIpc) is 2.14. The van der Waals surface area contributed by atoms with Gasteiger partial charge in [-0.25, -0.2) is 0 Å². The normalized spacial score (nSPS) is 38.2. The van der Waals surface area contributed by atoms with Gasteiger partial charge in [0, 0.05) is 0 Å². The van der Waals surface area contributed by atoms with Crippen molar-refractivity contribution < 1.29 is 9.47 Å². The molecule has 3 heteroatoms. The molecule has 2 atom stereocenters. The molecule has 0 N–H and O–H groups in total. The molecule has 1 aliphatic rings. The second kappa shape index (κ2) is 2.80. The number of rotatable bonds is 1. The Kier molecular flexibility index (Phi) is 2.28. The summed E-state index contributed by atoms with van der Waals surface area (Å²) in [7, 11) is 0. The van der Waals surface area contributed by atoms with Gasteiger partial charge in [-0.1, -0.05) is 15.9 Å². The number of alkyl halides is 1. The first kappa shape index (κ1) is 6.52. The molecule has 0 radical (unpaired) electrons. The van der Waals surface area contributed by atoms with Crippen LogP contribution in [0.15, 0.2) is 0 Å². The van der Waals surface area contributed by atoms with Gasteiger partial charge in [-0.15, -0.1) is 0 Å². The van der Waals surface area contributed by atoms with Gasteiger partial charge in [0.05, 0.1) is 18.0 Å². The fraction of sp³-hybridized carbons (Fsp3) is 1.00. The quantitative estimate of drug-likeness (QED) is 0.564. The van der Waals surface area contributed by atoms with E-state index in [1.54, 1.807) is 0 Å². The maximum absolute atomic E-state index is 5.24. The summed E-state index contributed by atoms with van der Waals surface area (Å²) in [5.41, 5.74) is 0. The molecule has 0 bridgehead atoms. The molecule has 1 aliphatic heterocycles. The van der Waals surface area contributed by atoms with Crippen molar-refractivity contribution in [2.24, 2.45) is 0 Å². The molecule has 2 nitrogen and oxygen atoms in total. The summed E-state index contributed by atoms with van der Waals surface area (Å²) >= 11 is 3.25. The smallest absolute Gasteiger partial charge is 0.167 e. The highest BCUT2D eigenvalue weighted by Gasteiger charge is 2.20. The van der Waals surface area contributed by atoms with Crippen LogP contribution in [0.3, 0.4) is 0 Å². The Labute approximate surface area is 57.3 Å². The molecule has 1 fully saturated rings. The van der Waals surface area contributed by atoms with Crippen molar-refractivity contribution in [3.8, 4) is 0 Å². The number of halogens is 1. The van der Waals surface area contributed by atoms with Crippen LogP contribution in [0.2, 0.25) is 0 Å². The van der Waals surface area contributed by atoms with E-state index in [9.17, 15) is 0 Å². The third kappa shape index (κ3) is 1.44. The third-order valence-electron chi connectivity index (χ3n) is 1.03. The van der Waals surface area contributed by atoms with E-state index in [0.717, 1.165) is 11.9 Å². The molecule has 0 aliphatic carbocycles. The molecule has 0 aromatic carbocycles. The van der Waals surface area contributed by atoms with E-state index >= 15 is 0 Å². The Morgan fingerprint density at radius 1 is 1.75 bits per heavy atom. The largest absolute Gasteiger partial charge is 0.349 e. The van der Waals surface area contributed by atoms with Crippen LogP contribution in [0.25, 0.3) is 0 Å². The minimum absolute atomic E-state index is 0.00926. The van der Waals surface area contributed by atoms with Gasteiger partial charge in [0.1, 0.15) is 0 Å². The Morgan fingerprint density at radius 3 is 2.75 bits per heavy atom. The van der Waals surface area contributed by atoms with E-state index in [2.05, 4.69) is 15.9 Å². The van der Waals surface area contributed by atoms with Crippen molar-refractivity contribution >= 4 is 15.9 Å². The van der Waals surface area contributed by atoms with E-state index in [0.29, 0.717) is 0 Å². The monoisotopic (exact) mass is 180 g/mol. The Hall–Kier alpha value is 0.400. The van der Waals surface area contributed by atoms with Crippen LogP contribution in [0.5, 0.6) is 0 Å². The summed E-state index contributed by atoms with van der Waals surface area (Å²) in [6.45, 7) is 2.74. The lowest BCUT2D eigenvalue weighted by Gasteiger charge is -2.02. The molecule has 48 valence electrons. The molecule has 0 aromatic heterocycles. The van der Waals surface area contributed by atoms with Crippen molar-refractivity contribution in [1.29, 1.82) is 0 Å². The predicted octanol–water partition coefficient (Wildman–Crippen LogP) is 1.14.